The van der Waals surface area contributed by atoms with E-state index in [-0.39, 0.29) is 11.9 Å². The van der Waals surface area contributed by atoms with E-state index in [1.165, 1.54) is 16.7 Å². The maximum Gasteiger partial charge on any atom is 0.239 e. The largest absolute Gasteiger partial charge is 0.342 e. The van der Waals surface area contributed by atoms with Gasteiger partial charge in [0.15, 0.2) is 0 Å². The van der Waals surface area contributed by atoms with Crippen LogP contribution in [0.5, 0.6) is 0 Å². The molecule has 0 saturated carbocycles. The maximum atomic E-state index is 12.1. The van der Waals surface area contributed by atoms with Crippen LogP contribution in [0.15, 0.2) is 18.2 Å². The Morgan fingerprint density at radius 2 is 1.89 bits per heavy atom. The Balaban J connectivity index is 2.61. The number of carbonyl (C=O) groups excluding carboxylic acids is 1. The topological polar surface area (TPSA) is 32.3 Å². The van der Waals surface area contributed by atoms with Crippen molar-refractivity contribution in [1.29, 1.82) is 0 Å². The van der Waals surface area contributed by atoms with Crippen molar-refractivity contribution in [2.45, 2.75) is 47.2 Å². The average Bonchev–Trinajstić information content (AvgIpc) is 2.40. The molecule has 1 amide bonds. The minimum atomic E-state index is -0.139. The van der Waals surface area contributed by atoms with Gasteiger partial charge in [0.25, 0.3) is 0 Å². The maximum absolute atomic E-state index is 12.1. The second-order valence-electron chi connectivity index (χ2n) is 5.04. The summed E-state index contributed by atoms with van der Waals surface area (Å²) in [5.41, 5.74) is 3.78. The fourth-order valence-corrected chi connectivity index (χ4v) is 2.15. The quantitative estimate of drug-likeness (QED) is 0.855. The molecular formula is C16H26N2O. The lowest BCUT2D eigenvalue weighted by atomic mass is 10.1. The Bertz CT molecular complexity index is 425. The second-order valence-corrected chi connectivity index (χ2v) is 5.04. The smallest absolute Gasteiger partial charge is 0.239 e. The zero-order valence-electron chi connectivity index (χ0n) is 12.8. The number of carbonyl (C=O) groups is 1. The van der Waals surface area contributed by atoms with E-state index < -0.39 is 0 Å². The number of hydrogen-bond donors (Lipinski definition) is 1. The summed E-state index contributed by atoms with van der Waals surface area (Å²) in [5, 5.41) is 3.32. The summed E-state index contributed by atoms with van der Waals surface area (Å²) in [6.07, 6.45) is 0. The van der Waals surface area contributed by atoms with Crippen LogP contribution >= 0.6 is 0 Å². The molecule has 106 valence electrons. The Morgan fingerprint density at radius 3 is 2.47 bits per heavy atom. The number of nitrogens with one attached hydrogen (secondary N) is 1. The minimum Gasteiger partial charge on any atom is -0.342 e. The van der Waals surface area contributed by atoms with Gasteiger partial charge in [-0.2, -0.15) is 0 Å². The summed E-state index contributed by atoms with van der Waals surface area (Å²) in [4.78, 5) is 14.0. The molecule has 0 fully saturated rings. The highest BCUT2D eigenvalue weighted by atomic mass is 16.2. The van der Waals surface area contributed by atoms with Gasteiger partial charge >= 0.3 is 0 Å². The lowest BCUT2D eigenvalue weighted by Gasteiger charge is -2.23. The van der Waals surface area contributed by atoms with Crippen LogP contribution in [0.2, 0.25) is 0 Å². The van der Waals surface area contributed by atoms with Gasteiger partial charge in [-0.15, -0.1) is 0 Å². The molecule has 3 nitrogen and oxygen atoms in total. The Kier molecular flexibility index (Phi) is 6.03. The molecule has 0 aliphatic heterocycles. The monoisotopic (exact) mass is 262 g/mol. The van der Waals surface area contributed by atoms with Gasteiger partial charge in [-0.25, -0.2) is 0 Å². The summed E-state index contributed by atoms with van der Waals surface area (Å²) in [5.74, 6) is 0.176. The minimum absolute atomic E-state index is 0.139. The molecule has 1 rings (SSSR count). The molecule has 1 aromatic rings. The highest BCUT2D eigenvalue weighted by Crippen LogP contribution is 2.10. The van der Waals surface area contributed by atoms with Gasteiger partial charge in [-0.3, -0.25) is 4.79 Å². The highest BCUT2D eigenvalue weighted by molar-refractivity contribution is 5.81. The van der Waals surface area contributed by atoms with Crippen molar-refractivity contribution in [1.82, 2.24) is 10.2 Å². The number of hydrogen-bond acceptors (Lipinski definition) is 2. The average molecular weight is 262 g/mol. The van der Waals surface area contributed by atoms with Crippen molar-refractivity contribution in [3.63, 3.8) is 0 Å². The standard InChI is InChI=1S/C16H26N2O/c1-6-18(7-2)16(19)14(5)17-11-15-10-12(3)8-9-13(15)4/h8-10,14,17H,6-7,11H2,1-5H3. The van der Waals surface area contributed by atoms with Crippen LogP contribution in [0.25, 0.3) is 0 Å². The summed E-state index contributed by atoms with van der Waals surface area (Å²) in [7, 11) is 0. The molecule has 0 aliphatic rings. The molecule has 3 heteroatoms. The second kappa shape index (κ2) is 7.29. The van der Waals surface area contributed by atoms with E-state index in [0.717, 1.165) is 19.6 Å². The Hall–Kier alpha value is -1.35. The number of likely N-dealkylation sites (N-methyl/N-ethyl adjacent to an activating group) is 1. The van der Waals surface area contributed by atoms with Gasteiger partial charge in [0.1, 0.15) is 0 Å². The van der Waals surface area contributed by atoms with Gasteiger partial charge in [-0.05, 0) is 45.7 Å². The molecule has 19 heavy (non-hydrogen) atoms. The van der Waals surface area contributed by atoms with E-state index in [1.807, 2.05) is 25.7 Å². The van der Waals surface area contributed by atoms with Gasteiger partial charge in [0, 0.05) is 19.6 Å². The van der Waals surface area contributed by atoms with Gasteiger partial charge in [0.2, 0.25) is 5.91 Å². The normalized spacial score (nSPS) is 12.3. The predicted octanol–water partition coefficient (Wildman–Crippen LogP) is 2.65. The van der Waals surface area contributed by atoms with Crippen LogP contribution < -0.4 is 5.32 Å². The molecule has 0 saturated heterocycles. The summed E-state index contributed by atoms with van der Waals surface area (Å²) in [6.45, 7) is 12.4. The first-order chi connectivity index (χ1) is 8.99. The third-order valence-corrected chi connectivity index (χ3v) is 3.55. The van der Waals surface area contributed by atoms with Crippen LogP contribution in [0.4, 0.5) is 0 Å². The molecule has 1 aromatic carbocycles. The van der Waals surface area contributed by atoms with Crippen LogP contribution in [0, 0.1) is 13.8 Å². The molecule has 1 atom stereocenters. The number of rotatable bonds is 6. The molecule has 0 bridgehead atoms. The van der Waals surface area contributed by atoms with E-state index in [9.17, 15) is 4.79 Å². The lowest BCUT2D eigenvalue weighted by Crippen LogP contribution is -2.44. The molecule has 0 aromatic heterocycles. The first-order valence-electron chi connectivity index (χ1n) is 7.07. The van der Waals surface area contributed by atoms with Crippen LogP contribution in [0.3, 0.4) is 0 Å². The number of aryl methyl sites for hydroxylation is 2. The third kappa shape index (κ3) is 4.35. The van der Waals surface area contributed by atoms with Gasteiger partial charge in [-0.1, -0.05) is 23.8 Å². The van der Waals surface area contributed by atoms with Crippen molar-refractivity contribution in [2.75, 3.05) is 13.1 Å². The fourth-order valence-electron chi connectivity index (χ4n) is 2.15. The van der Waals surface area contributed by atoms with Crippen LogP contribution in [-0.2, 0) is 11.3 Å². The fraction of sp³-hybridized carbons (Fsp3) is 0.562. The SMILES string of the molecule is CCN(CC)C(=O)C(C)NCc1cc(C)ccc1C. The third-order valence-electron chi connectivity index (χ3n) is 3.55. The number of benzene rings is 1. The van der Waals surface area contributed by atoms with Crippen LogP contribution in [-0.4, -0.2) is 29.9 Å². The first kappa shape index (κ1) is 15.7. The zero-order valence-corrected chi connectivity index (χ0v) is 12.8. The molecular weight excluding hydrogens is 236 g/mol. The highest BCUT2D eigenvalue weighted by Gasteiger charge is 2.17. The predicted molar refractivity (Wildman–Crippen MR) is 80.1 cm³/mol. The van der Waals surface area contributed by atoms with Crippen molar-refractivity contribution in [3.05, 3.63) is 34.9 Å². The van der Waals surface area contributed by atoms with Gasteiger partial charge < -0.3 is 10.2 Å². The molecule has 0 heterocycles. The molecule has 1 unspecified atom stereocenters. The number of nitrogens with zero attached hydrogens (tertiary/aromatic N) is 1. The van der Waals surface area contributed by atoms with Crippen molar-refractivity contribution < 1.29 is 4.79 Å². The van der Waals surface area contributed by atoms with E-state index in [1.54, 1.807) is 0 Å². The Labute approximate surface area is 117 Å². The Morgan fingerprint density at radius 1 is 1.26 bits per heavy atom. The molecule has 0 radical (unpaired) electrons. The first-order valence-corrected chi connectivity index (χ1v) is 7.07. The van der Waals surface area contributed by atoms with E-state index in [4.69, 9.17) is 0 Å². The lowest BCUT2D eigenvalue weighted by molar-refractivity contribution is -0.132. The van der Waals surface area contributed by atoms with E-state index in [2.05, 4.69) is 37.4 Å². The van der Waals surface area contributed by atoms with Crippen molar-refractivity contribution in [2.24, 2.45) is 0 Å². The van der Waals surface area contributed by atoms with Crippen molar-refractivity contribution >= 4 is 5.91 Å². The summed E-state index contributed by atoms with van der Waals surface area (Å²) in [6, 6.07) is 6.28. The summed E-state index contributed by atoms with van der Waals surface area (Å²) >= 11 is 0. The van der Waals surface area contributed by atoms with Crippen molar-refractivity contribution in [3.8, 4) is 0 Å². The molecule has 0 aliphatic carbocycles. The zero-order chi connectivity index (χ0) is 14.4. The molecule has 0 spiro atoms. The summed E-state index contributed by atoms with van der Waals surface area (Å²) < 4.78 is 0. The van der Waals surface area contributed by atoms with Gasteiger partial charge in [0.05, 0.1) is 6.04 Å². The van der Waals surface area contributed by atoms with E-state index in [0.29, 0.717) is 0 Å². The molecule has 1 N–H and O–H groups in total. The van der Waals surface area contributed by atoms with E-state index >= 15 is 0 Å². The number of amides is 1. The van der Waals surface area contributed by atoms with Crippen LogP contribution in [0.1, 0.15) is 37.5 Å².